The minimum Gasteiger partial charge on any atom is -0.502 e. The molecular weight excluding hydrogens is 322 g/mol. The van der Waals surface area contributed by atoms with Crippen molar-refractivity contribution in [2.45, 2.75) is 9.79 Å². The molecule has 0 spiro atoms. The van der Waals surface area contributed by atoms with Crippen LogP contribution in [-0.4, -0.2) is 31.4 Å². The van der Waals surface area contributed by atoms with Crippen molar-refractivity contribution in [3.8, 4) is 23.0 Å². The van der Waals surface area contributed by atoms with Crippen LogP contribution < -0.4 is 14.2 Å². The van der Waals surface area contributed by atoms with Gasteiger partial charge in [-0.2, -0.15) is 0 Å². The molecule has 0 aliphatic carbocycles. The highest BCUT2D eigenvalue weighted by molar-refractivity contribution is 7.99. The Bertz CT molecular complexity index is 709. The lowest BCUT2D eigenvalue weighted by Gasteiger charge is -2.13. The standard InChI is InChI=1S/C15H15NO6S/c1-20-13-7-10(8-14(21-2)15(13)22-3)23-9-4-5-11(16(18)19)12(17)6-9/h4-8,17H,1-3H3. The molecule has 122 valence electrons. The van der Waals surface area contributed by atoms with Crippen molar-refractivity contribution in [1.29, 1.82) is 0 Å². The number of methoxy groups -OCH3 is 3. The average molecular weight is 337 g/mol. The van der Waals surface area contributed by atoms with Crippen LogP contribution in [-0.2, 0) is 0 Å². The van der Waals surface area contributed by atoms with Gasteiger partial charge in [-0.1, -0.05) is 11.8 Å². The first kappa shape index (κ1) is 16.8. The zero-order chi connectivity index (χ0) is 17.0. The van der Waals surface area contributed by atoms with Crippen molar-refractivity contribution in [2.75, 3.05) is 21.3 Å². The monoisotopic (exact) mass is 337 g/mol. The number of benzene rings is 2. The fourth-order valence-corrected chi connectivity index (χ4v) is 2.88. The molecule has 0 unspecified atom stereocenters. The molecule has 1 N–H and O–H groups in total. The fourth-order valence-electron chi connectivity index (χ4n) is 1.97. The second-order valence-corrected chi connectivity index (χ2v) is 5.52. The Morgan fingerprint density at radius 3 is 2.04 bits per heavy atom. The largest absolute Gasteiger partial charge is 0.502 e. The number of phenolic OH excluding ortho intramolecular Hbond substituents is 1. The number of hydrogen-bond donors (Lipinski definition) is 1. The first-order chi connectivity index (χ1) is 11.0. The minimum absolute atomic E-state index is 0.334. The van der Waals surface area contributed by atoms with E-state index in [0.29, 0.717) is 22.1 Å². The van der Waals surface area contributed by atoms with Gasteiger partial charge in [0.25, 0.3) is 0 Å². The Kier molecular flexibility index (Phi) is 5.17. The summed E-state index contributed by atoms with van der Waals surface area (Å²) in [5.41, 5.74) is -0.334. The number of nitro groups is 1. The Morgan fingerprint density at radius 1 is 1.00 bits per heavy atom. The second-order valence-electron chi connectivity index (χ2n) is 4.37. The summed E-state index contributed by atoms with van der Waals surface area (Å²) in [6.45, 7) is 0. The molecule has 0 atom stereocenters. The van der Waals surface area contributed by atoms with Crippen LogP contribution in [0.3, 0.4) is 0 Å². The van der Waals surface area contributed by atoms with Gasteiger partial charge in [0.2, 0.25) is 5.75 Å². The van der Waals surface area contributed by atoms with Crippen molar-refractivity contribution in [2.24, 2.45) is 0 Å². The maximum Gasteiger partial charge on any atom is 0.310 e. The molecular formula is C15H15NO6S. The van der Waals surface area contributed by atoms with Gasteiger partial charge in [-0.05, 0) is 18.2 Å². The normalized spacial score (nSPS) is 10.2. The van der Waals surface area contributed by atoms with Crippen molar-refractivity contribution >= 4 is 17.4 Å². The third-order valence-corrected chi connectivity index (χ3v) is 3.98. The zero-order valence-electron chi connectivity index (χ0n) is 12.7. The van der Waals surface area contributed by atoms with Gasteiger partial charge in [0.05, 0.1) is 26.3 Å². The topological polar surface area (TPSA) is 91.1 Å². The Labute approximate surface area is 136 Å². The zero-order valence-corrected chi connectivity index (χ0v) is 13.5. The molecule has 0 bridgehead atoms. The molecule has 0 radical (unpaired) electrons. The highest BCUT2D eigenvalue weighted by Crippen LogP contribution is 2.43. The van der Waals surface area contributed by atoms with E-state index in [4.69, 9.17) is 14.2 Å². The van der Waals surface area contributed by atoms with Crippen LogP contribution in [0, 0.1) is 10.1 Å². The minimum atomic E-state index is -0.636. The summed E-state index contributed by atoms with van der Waals surface area (Å²) in [5, 5.41) is 20.4. The van der Waals surface area contributed by atoms with Crippen LogP contribution in [0.15, 0.2) is 40.1 Å². The molecule has 0 saturated heterocycles. The Hall–Kier alpha value is -2.61. The molecule has 0 amide bonds. The van der Waals surface area contributed by atoms with Crippen LogP contribution in [0.5, 0.6) is 23.0 Å². The number of nitro benzene ring substituents is 1. The number of aromatic hydroxyl groups is 1. The van der Waals surface area contributed by atoms with E-state index in [2.05, 4.69) is 0 Å². The number of phenols is 1. The van der Waals surface area contributed by atoms with Crippen molar-refractivity contribution in [1.82, 2.24) is 0 Å². The third kappa shape index (κ3) is 3.59. The molecule has 8 heteroatoms. The number of hydrogen-bond acceptors (Lipinski definition) is 7. The van der Waals surface area contributed by atoms with Gasteiger partial charge in [-0.25, -0.2) is 0 Å². The van der Waals surface area contributed by atoms with Gasteiger partial charge in [-0.15, -0.1) is 0 Å². The molecule has 0 heterocycles. The van der Waals surface area contributed by atoms with Crippen molar-refractivity contribution < 1.29 is 24.2 Å². The van der Waals surface area contributed by atoms with Gasteiger partial charge in [0, 0.05) is 21.9 Å². The van der Waals surface area contributed by atoms with Crippen molar-refractivity contribution in [3.05, 3.63) is 40.4 Å². The SMILES string of the molecule is COc1cc(Sc2ccc([N+](=O)[O-])c(O)c2)cc(OC)c1OC. The fraction of sp³-hybridized carbons (Fsp3) is 0.200. The van der Waals surface area contributed by atoms with Crippen LogP contribution in [0.2, 0.25) is 0 Å². The van der Waals surface area contributed by atoms with Gasteiger partial charge in [0.1, 0.15) is 0 Å². The lowest BCUT2D eigenvalue weighted by molar-refractivity contribution is -0.385. The first-order valence-electron chi connectivity index (χ1n) is 6.45. The van der Waals surface area contributed by atoms with E-state index in [9.17, 15) is 15.2 Å². The molecule has 0 saturated carbocycles. The van der Waals surface area contributed by atoms with E-state index in [1.54, 1.807) is 18.2 Å². The van der Waals surface area contributed by atoms with Crippen molar-refractivity contribution in [3.63, 3.8) is 0 Å². The van der Waals surface area contributed by atoms with Gasteiger partial charge in [-0.3, -0.25) is 10.1 Å². The van der Waals surface area contributed by atoms with Gasteiger partial charge < -0.3 is 19.3 Å². The maximum absolute atomic E-state index is 10.7. The molecule has 0 fully saturated rings. The van der Waals surface area contributed by atoms with E-state index < -0.39 is 4.92 Å². The summed E-state index contributed by atoms with van der Waals surface area (Å²) >= 11 is 1.30. The summed E-state index contributed by atoms with van der Waals surface area (Å²) in [4.78, 5) is 11.5. The summed E-state index contributed by atoms with van der Waals surface area (Å²) in [5.74, 6) is 1.10. The van der Waals surface area contributed by atoms with Crippen LogP contribution in [0.4, 0.5) is 5.69 Å². The lowest BCUT2D eigenvalue weighted by Crippen LogP contribution is -1.95. The highest BCUT2D eigenvalue weighted by atomic mass is 32.2. The summed E-state index contributed by atoms with van der Waals surface area (Å²) in [7, 11) is 4.55. The number of rotatable bonds is 6. The predicted molar refractivity (Wildman–Crippen MR) is 85.0 cm³/mol. The van der Waals surface area contributed by atoms with E-state index in [1.807, 2.05) is 0 Å². The van der Waals surface area contributed by atoms with Gasteiger partial charge >= 0.3 is 5.69 Å². The smallest absolute Gasteiger partial charge is 0.310 e. The van der Waals surface area contributed by atoms with Crippen LogP contribution in [0.1, 0.15) is 0 Å². The molecule has 2 rings (SSSR count). The quantitative estimate of drug-likeness (QED) is 0.637. The molecule has 23 heavy (non-hydrogen) atoms. The summed E-state index contributed by atoms with van der Waals surface area (Å²) in [6, 6.07) is 7.67. The molecule has 2 aromatic rings. The lowest BCUT2D eigenvalue weighted by atomic mass is 10.3. The molecule has 7 nitrogen and oxygen atoms in total. The molecule has 0 aliphatic heterocycles. The summed E-state index contributed by atoms with van der Waals surface area (Å²) < 4.78 is 15.8. The number of nitrogens with zero attached hydrogens (tertiary/aromatic N) is 1. The molecule has 0 aliphatic rings. The molecule has 2 aromatic carbocycles. The Balaban J connectivity index is 2.36. The third-order valence-electron chi connectivity index (χ3n) is 3.02. The van der Waals surface area contributed by atoms with Crippen LogP contribution >= 0.6 is 11.8 Å². The summed E-state index contributed by atoms with van der Waals surface area (Å²) in [6.07, 6.45) is 0. The second kappa shape index (κ2) is 7.10. The maximum atomic E-state index is 10.7. The van der Waals surface area contributed by atoms with Crippen LogP contribution in [0.25, 0.3) is 0 Å². The average Bonchev–Trinajstić information content (AvgIpc) is 2.53. The van der Waals surface area contributed by atoms with E-state index >= 15 is 0 Å². The van der Waals surface area contributed by atoms with E-state index in [0.717, 1.165) is 4.90 Å². The van der Waals surface area contributed by atoms with E-state index in [-0.39, 0.29) is 11.4 Å². The predicted octanol–water partition coefficient (Wildman–Crippen LogP) is 3.48. The van der Waals surface area contributed by atoms with Gasteiger partial charge in [0.15, 0.2) is 17.2 Å². The Morgan fingerprint density at radius 2 is 1.61 bits per heavy atom. The molecule has 0 aromatic heterocycles. The van der Waals surface area contributed by atoms with E-state index in [1.165, 1.54) is 45.2 Å². The highest BCUT2D eigenvalue weighted by Gasteiger charge is 2.16. The number of ether oxygens (including phenoxy) is 3. The first-order valence-corrected chi connectivity index (χ1v) is 7.27.